The Balaban J connectivity index is 2.04. The van der Waals surface area contributed by atoms with Crippen LogP contribution in [0, 0.1) is 41.4 Å². The Labute approximate surface area is 109 Å². The Bertz CT molecular complexity index is 222. The van der Waals surface area contributed by atoms with Crippen LogP contribution in [-0.4, -0.2) is 0 Å². The minimum absolute atomic E-state index is 0.967. The molecule has 4 unspecified atom stereocenters. The van der Waals surface area contributed by atoms with Crippen LogP contribution in [0.2, 0.25) is 0 Å². The first-order chi connectivity index (χ1) is 7.97. The SMILES string of the molecule is CC1CC(C)C(C2CC(C)CC(C)C2)C(C)C1. The summed E-state index contributed by atoms with van der Waals surface area (Å²) < 4.78 is 0. The molecule has 0 spiro atoms. The number of rotatable bonds is 1. The van der Waals surface area contributed by atoms with Gasteiger partial charge in [0.25, 0.3) is 0 Å². The van der Waals surface area contributed by atoms with E-state index in [1.165, 1.54) is 32.1 Å². The molecule has 0 aromatic carbocycles. The topological polar surface area (TPSA) is 0 Å². The molecule has 0 aromatic heterocycles. The van der Waals surface area contributed by atoms with Crippen LogP contribution in [-0.2, 0) is 0 Å². The maximum absolute atomic E-state index is 2.53. The van der Waals surface area contributed by atoms with Crippen LogP contribution in [0.15, 0.2) is 0 Å². The van der Waals surface area contributed by atoms with Crippen LogP contribution in [0.5, 0.6) is 0 Å². The summed E-state index contributed by atoms with van der Waals surface area (Å²) in [6, 6.07) is 0. The molecule has 4 atom stereocenters. The lowest BCUT2D eigenvalue weighted by atomic mass is 9.60. The third-order valence-electron chi connectivity index (χ3n) is 5.62. The molecular formula is C17H32. The third-order valence-corrected chi connectivity index (χ3v) is 5.62. The first-order valence-corrected chi connectivity index (χ1v) is 7.97. The normalized spacial score (nSPS) is 52.4. The zero-order valence-corrected chi connectivity index (χ0v) is 12.6. The predicted octanol–water partition coefficient (Wildman–Crippen LogP) is 5.38. The lowest BCUT2D eigenvalue weighted by Crippen LogP contribution is -2.37. The van der Waals surface area contributed by atoms with Crippen molar-refractivity contribution in [2.24, 2.45) is 41.4 Å². The number of hydrogen-bond donors (Lipinski definition) is 0. The molecule has 0 heteroatoms. The van der Waals surface area contributed by atoms with E-state index in [1.807, 2.05) is 0 Å². The Morgan fingerprint density at radius 2 is 0.941 bits per heavy atom. The smallest absolute Gasteiger partial charge is 0.0334 e. The molecule has 2 rings (SSSR count). The second-order valence-corrected chi connectivity index (χ2v) is 7.79. The maximum atomic E-state index is 2.53. The molecule has 0 nitrogen and oxygen atoms in total. The van der Waals surface area contributed by atoms with Gasteiger partial charge in [-0.1, -0.05) is 34.6 Å². The van der Waals surface area contributed by atoms with Crippen molar-refractivity contribution in [1.82, 2.24) is 0 Å². The summed E-state index contributed by atoms with van der Waals surface area (Å²) in [5, 5.41) is 0. The van der Waals surface area contributed by atoms with Crippen LogP contribution in [0.4, 0.5) is 0 Å². The summed E-state index contributed by atoms with van der Waals surface area (Å²) in [5.74, 6) is 6.91. The maximum Gasteiger partial charge on any atom is -0.0334 e. The van der Waals surface area contributed by atoms with Crippen LogP contribution < -0.4 is 0 Å². The van der Waals surface area contributed by atoms with Crippen molar-refractivity contribution < 1.29 is 0 Å². The summed E-state index contributed by atoms with van der Waals surface area (Å²) in [6.07, 6.45) is 7.46. The van der Waals surface area contributed by atoms with E-state index >= 15 is 0 Å². The lowest BCUT2D eigenvalue weighted by molar-refractivity contribution is 0.0391. The molecular weight excluding hydrogens is 204 g/mol. The van der Waals surface area contributed by atoms with E-state index in [9.17, 15) is 0 Å². The van der Waals surface area contributed by atoms with Gasteiger partial charge in [0.2, 0.25) is 0 Å². The highest BCUT2D eigenvalue weighted by atomic mass is 14.4. The van der Waals surface area contributed by atoms with Gasteiger partial charge in [0.05, 0.1) is 0 Å². The minimum atomic E-state index is 0.967. The van der Waals surface area contributed by atoms with E-state index in [2.05, 4.69) is 34.6 Å². The molecule has 0 radical (unpaired) electrons. The van der Waals surface area contributed by atoms with E-state index in [0.717, 1.165) is 41.4 Å². The van der Waals surface area contributed by atoms with Gasteiger partial charge in [-0.05, 0) is 73.5 Å². The molecule has 0 aliphatic heterocycles. The standard InChI is InChI=1S/C17H32/c1-11-6-12(2)10-16(9-11)17-14(4)7-13(3)8-15(17)5/h11-17H,6-10H2,1-5H3. The Morgan fingerprint density at radius 1 is 0.529 bits per heavy atom. The highest BCUT2D eigenvalue weighted by Crippen LogP contribution is 2.48. The summed E-state index contributed by atoms with van der Waals surface area (Å²) in [7, 11) is 0. The van der Waals surface area contributed by atoms with Crippen molar-refractivity contribution in [1.29, 1.82) is 0 Å². The fourth-order valence-corrected chi connectivity index (χ4v) is 5.49. The Morgan fingerprint density at radius 3 is 1.41 bits per heavy atom. The Kier molecular flexibility index (Phi) is 4.21. The minimum Gasteiger partial charge on any atom is -0.0625 e. The van der Waals surface area contributed by atoms with Gasteiger partial charge in [0.1, 0.15) is 0 Å². The van der Waals surface area contributed by atoms with E-state index < -0.39 is 0 Å². The largest absolute Gasteiger partial charge is 0.0625 e. The molecule has 100 valence electrons. The highest BCUT2D eigenvalue weighted by molar-refractivity contribution is 4.88. The molecule has 0 N–H and O–H groups in total. The van der Waals surface area contributed by atoms with Crippen molar-refractivity contribution in [3.05, 3.63) is 0 Å². The van der Waals surface area contributed by atoms with Crippen LogP contribution in [0.25, 0.3) is 0 Å². The molecule has 0 aromatic rings. The van der Waals surface area contributed by atoms with Crippen LogP contribution in [0.1, 0.15) is 66.7 Å². The van der Waals surface area contributed by atoms with E-state index in [0.29, 0.717) is 0 Å². The zero-order chi connectivity index (χ0) is 12.6. The lowest BCUT2D eigenvalue weighted by Gasteiger charge is -2.46. The van der Waals surface area contributed by atoms with Crippen molar-refractivity contribution in [3.63, 3.8) is 0 Å². The molecule has 0 saturated heterocycles. The summed E-state index contributed by atoms with van der Waals surface area (Å²) >= 11 is 0. The van der Waals surface area contributed by atoms with Gasteiger partial charge in [-0.3, -0.25) is 0 Å². The summed E-state index contributed by atoms with van der Waals surface area (Å²) in [4.78, 5) is 0. The summed E-state index contributed by atoms with van der Waals surface area (Å²) in [5.41, 5.74) is 0. The van der Waals surface area contributed by atoms with Crippen molar-refractivity contribution in [2.45, 2.75) is 66.7 Å². The first-order valence-electron chi connectivity index (χ1n) is 7.97. The van der Waals surface area contributed by atoms with Crippen molar-refractivity contribution >= 4 is 0 Å². The van der Waals surface area contributed by atoms with Crippen molar-refractivity contribution in [2.75, 3.05) is 0 Å². The monoisotopic (exact) mass is 236 g/mol. The average Bonchev–Trinajstić information content (AvgIpc) is 2.13. The molecule has 0 heterocycles. The van der Waals surface area contributed by atoms with Crippen molar-refractivity contribution in [3.8, 4) is 0 Å². The van der Waals surface area contributed by atoms with Gasteiger partial charge in [-0.15, -0.1) is 0 Å². The van der Waals surface area contributed by atoms with E-state index in [1.54, 1.807) is 0 Å². The zero-order valence-electron chi connectivity index (χ0n) is 12.6. The predicted molar refractivity (Wildman–Crippen MR) is 75.9 cm³/mol. The van der Waals surface area contributed by atoms with Gasteiger partial charge in [-0.25, -0.2) is 0 Å². The summed E-state index contributed by atoms with van der Waals surface area (Å²) in [6.45, 7) is 12.5. The van der Waals surface area contributed by atoms with Crippen LogP contribution >= 0.6 is 0 Å². The van der Waals surface area contributed by atoms with Gasteiger partial charge in [-0.2, -0.15) is 0 Å². The second-order valence-electron chi connectivity index (χ2n) is 7.79. The fourth-order valence-electron chi connectivity index (χ4n) is 5.49. The van der Waals surface area contributed by atoms with Gasteiger partial charge in [0.15, 0.2) is 0 Å². The quantitative estimate of drug-likeness (QED) is 0.573. The number of hydrogen-bond acceptors (Lipinski definition) is 0. The van der Waals surface area contributed by atoms with E-state index in [4.69, 9.17) is 0 Å². The van der Waals surface area contributed by atoms with E-state index in [-0.39, 0.29) is 0 Å². The molecule has 0 amide bonds. The fraction of sp³-hybridized carbons (Fsp3) is 1.00. The highest BCUT2D eigenvalue weighted by Gasteiger charge is 2.39. The average molecular weight is 236 g/mol. The Hall–Kier alpha value is 0. The molecule has 0 bridgehead atoms. The van der Waals surface area contributed by atoms with Gasteiger partial charge >= 0.3 is 0 Å². The first kappa shape index (κ1) is 13.4. The van der Waals surface area contributed by atoms with Crippen LogP contribution in [0.3, 0.4) is 0 Å². The van der Waals surface area contributed by atoms with Gasteiger partial charge in [0, 0.05) is 0 Å². The molecule has 17 heavy (non-hydrogen) atoms. The molecule has 2 aliphatic rings. The second kappa shape index (κ2) is 5.33. The molecule has 2 saturated carbocycles. The third kappa shape index (κ3) is 3.06. The molecule has 2 fully saturated rings. The molecule has 2 aliphatic carbocycles. The van der Waals surface area contributed by atoms with Gasteiger partial charge < -0.3 is 0 Å².